The molecule has 2 aliphatic heterocycles. The number of hydrogen-bond acceptors (Lipinski definition) is 13. The maximum Gasteiger partial charge on any atom is 0.338 e. The molecule has 0 spiro atoms. The van der Waals surface area contributed by atoms with E-state index in [-0.39, 0.29) is 52.2 Å². The van der Waals surface area contributed by atoms with Crippen molar-refractivity contribution in [1.82, 2.24) is 0 Å². The van der Waals surface area contributed by atoms with E-state index in [1.807, 2.05) is 0 Å². The summed E-state index contributed by atoms with van der Waals surface area (Å²) in [5.74, 6) is -2.20. The summed E-state index contributed by atoms with van der Waals surface area (Å²) in [6.45, 7) is 0. The van der Waals surface area contributed by atoms with Crippen LogP contribution in [0.5, 0.6) is 11.5 Å². The molecule has 4 aromatic rings. The molecular formula is C46H34N2O13. The van der Waals surface area contributed by atoms with Crippen LogP contribution in [0.2, 0.25) is 0 Å². The number of hydrogen-bond donors (Lipinski definition) is 5. The maximum absolute atomic E-state index is 12.7. The monoisotopic (exact) mass is 822 g/mol. The van der Waals surface area contributed by atoms with Gasteiger partial charge >= 0.3 is 17.9 Å². The Bertz CT molecular complexity index is 3110. The highest BCUT2D eigenvalue weighted by Gasteiger charge is 2.25. The zero-order chi connectivity index (χ0) is 43.5. The topological polar surface area (TPSA) is 246 Å². The zero-order valence-electron chi connectivity index (χ0n) is 32.3. The number of ether oxygens (including phenoxy) is 2. The molecule has 2 aliphatic carbocycles. The van der Waals surface area contributed by atoms with Crippen LogP contribution in [0, 0.1) is 0 Å². The van der Waals surface area contributed by atoms with Crippen LogP contribution in [-0.2, 0) is 19.1 Å². The third kappa shape index (κ3) is 8.42. The lowest BCUT2D eigenvalue weighted by atomic mass is 9.90. The van der Waals surface area contributed by atoms with Gasteiger partial charge in [0.2, 0.25) is 5.91 Å². The number of carboxylic acid groups (broad SMARTS) is 1. The van der Waals surface area contributed by atoms with Crippen molar-refractivity contribution >= 4 is 57.1 Å². The Kier molecular flexibility index (Phi) is 11.2. The number of nitrogens with one attached hydrogen (secondary N) is 1. The molecular weight excluding hydrogens is 789 g/mol. The number of carbonyl (C=O) groups excluding carboxylic acids is 3. The number of carbonyl (C=O) groups is 4. The fourth-order valence-corrected chi connectivity index (χ4v) is 6.92. The smallest absolute Gasteiger partial charge is 0.338 e. The molecule has 0 saturated heterocycles. The van der Waals surface area contributed by atoms with E-state index >= 15 is 0 Å². The van der Waals surface area contributed by atoms with Crippen molar-refractivity contribution in [3.8, 4) is 56.4 Å². The molecule has 8 rings (SSSR count). The lowest BCUT2D eigenvalue weighted by molar-refractivity contribution is -0.138. The van der Waals surface area contributed by atoms with E-state index in [0.717, 1.165) is 0 Å². The first kappa shape index (κ1) is 40.7. The molecule has 0 unspecified atom stereocenters. The number of aromatic hydroxyl groups is 2. The Morgan fingerprint density at radius 2 is 1.07 bits per heavy atom. The molecule has 6 N–H and O–H groups in total. The summed E-state index contributed by atoms with van der Waals surface area (Å²) in [5, 5.41) is 32.3. The minimum atomic E-state index is -1.10. The molecule has 61 heavy (non-hydrogen) atoms. The summed E-state index contributed by atoms with van der Waals surface area (Å²) in [6.07, 6.45) is -0.547. The second-order valence-electron chi connectivity index (χ2n) is 13.6. The molecule has 15 nitrogen and oxygen atoms in total. The molecule has 306 valence electrons. The third-order valence-corrected chi connectivity index (χ3v) is 9.62. The number of phenols is 2. The first-order valence-electron chi connectivity index (χ1n) is 18.4. The van der Waals surface area contributed by atoms with Crippen LogP contribution in [0.1, 0.15) is 33.6 Å². The van der Waals surface area contributed by atoms with Gasteiger partial charge in [0.1, 0.15) is 34.2 Å². The van der Waals surface area contributed by atoms with Crippen molar-refractivity contribution in [2.45, 2.75) is 12.8 Å². The van der Waals surface area contributed by atoms with Crippen molar-refractivity contribution < 1.29 is 52.8 Å². The fraction of sp³-hybridized carbons (Fsp3) is 0.0870. The van der Waals surface area contributed by atoms with Gasteiger partial charge in [0.15, 0.2) is 10.9 Å². The first-order chi connectivity index (χ1) is 29.2. The van der Waals surface area contributed by atoms with E-state index in [9.17, 15) is 39.0 Å². The molecule has 0 fully saturated rings. The van der Waals surface area contributed by atoms with E-state index in [1.165, 1.54) is 68.8 Å². The Balaban J connectivity index is 0.000000189. The molecule has 1 amide bonds. The summed E-state index contributed by atoms with van der Waals surface area (Å²) >= 11 is 0. The van der Waals surface area contributed by atoms with Gasteiger partial charge in [0.25, 0.3) is 0 Å². The summed E-state index contributed by atoms with van der Waals surface area (Å²) in [6, 6.07) is 27.5. The normalized spacial score (nSPS) is 10.9. The predicted molar refractivity (Wildman–Crippen MR) is 225 cm³/mol. The van der Waals surface area contributed by atoms with Gasteiger partial charge in [-0.3, -0.25) is 19.2 Å². The van der Waals surface area contributed by atoms with Gasteiger partial charge in [-0.15, -0.1) is 0 Å². The highest BCUT2D eigenvalue weighted by Crippen LogP contribution is 2.44. The van der Waals surface area contributed by atoms with E-state index in [0.29, 0.717) is 72.3 Å². The largest absolute Gasteiger partial charge is 0.508 e. The lowest BCUT2D eigenvalue weighted by Gasteiger charge is -2.18. The fourth-order valence-electron chi connectivity index (χ4n) is 6.92. The minimum absolute atomic E-state index is 0.0281. The van der Waals surface area contributed by atoms with E-state index in [1.54, 1.807) is 54.6 Å². The van der Waals surface area contributed by atoms with Crippen molar-refractivity contribution in [2.75, 3.05) is 25.3 Å². The third-order valence-electron chi connectivity index (χ3n) is 9.62. The summed E-state index contributed by atoms with van der Waals surface area (Å²) in [7, 11) is 2.52. The Morgan fingerprint density at radius 1 is 0.590 bits per heavy atom. The van der Waals surface area contributed by atoms with Gasteiger partial charge in [-0.2, -0.15) is 0 Å². The van der Waals surface area contributed by atoms with Gasteiger partial charge in [0, 0.05) is 75.1 Å². The Morgan fingerprint density at radius 3 is 1.56 bits per heavy atom. The Labute approximate surface area is 344 Å². The number of anilines is 2. The van der Waals surface area contributed by atoms with Crippen LogP contribution < -0.4 is 21.9 Å². The van der Waals surface area contributed by atoms with E-state index in [2.05, 4.69) is 5.32 Å². The van der Waals surface area contributed by atoms with Crippen LogP contribution in [-0.4, -0.2) is 53.4 Å². The molecule has 0 radical (unpaired) electrons. The number of nitrogens with two attached hydrogens (primary N) is 1. The highest BCUT2D eigenvalue weighted by atomic mass is 16.5. The lowest BCUT2D eigenvalue weighted by Crippen LogP contribution is -2.14. The van der Waals surface area contributed by atoms with Crippen LogP contribution in [0.4, 0.5) is 11.4 Å². The summed E-state index contributed by atoms with van der Waals surface area (Å²) in [5.41, 5.74) is 10.7. The summed E-state index contributed by atoms with van der Waals surface area (Å²) < 4.78 is 21.5. The average Bonchev–Trinajstić information content (AvgIpc) is 3.23. The predicted octanol–water partition coefficient (Wildman–Crippen LogP) is 7.50. The van der Waals surface area contributed by atoms with Crippen molar-refractivity contribution in [3.63, 3.8) is 0 Å². The van der Waals surface area contributed by atoms with Crippen molar-refractivity contribution in [1.29, 1.82) is 0 Å². The van der Waals surface area contributed by atoms with Gasteiger partial charge in [0.05, 0.1) is 31.8 Å². The average molecular weight is 823 g/mol. The number of methoxy groups -OCH3 is 2. The molecule has 4 aromatic carbocycles. The number of esters is 2. The summed E-state index contributed by atoms with van der Waals surface area (Å²) in [4.78, 5) is 71.6. The molecule has 0 bridgehead atoms. The van der Waals surface area contributed by atoms with Crippen LogP contribution in [0.25, 0.3) is 66.8 Å². The van der Waals surface area contributed by atoms with Crippen molar-refractivity contribution in [2.24, 2.45) is 0 Å². The number of carboxylic acids is 1. The van der Waals surface area contributed by atoms with E-state index < -0.39 is 23.8 Å². The maximum atomic E-state index is 12.7. The number of phenolic OH excluding ortho intramolecular Hbond substituents is 2. The SMILES string of the molecule is COC(=O)c1cc(N)ccc1-c1c2ccc(=O)cc-2oc2cc(O)ccc12.COC(=O)c1cc(NC(=O)CCC(=O)O)ccc1-c1c2ccc(=O)cc-2oc2cc(O)ccc12. The zero-order valence-corrected chi connectivity index (χ0v) is 32.3. The van der Waals surface area contributed by atoms with E-state index in [4.69, 9.17) is 29.1 Å². The first-order valence-corrected chi connectivity index (χ1v) is 18.4. The van der Waals surface area contributed by atoms with Gasteiger partial charge in [-0.25, -0.2) is 9.59 Å². The Hall–Kier alpha value is -8.46. The number of fused-ring (bicyclic) bond motifs is 4. The molecule has 4 aliphatic rings. The highest BCUT2D eigenvalue weighted by molar-refractivity contribution is 6.10. The second-order valence-corrected chi connectivity index (χ2v) is 13.6. The molecule has 0 atom stereocenters. The van der Waals surface area contributed by atoms with Crippen LogP contribution >= 0.6 is 0 Å². The second kappa shape index (κ2) is 16.8. The number of aliphatic carboxylic acids is 1. The molecule has 2 heterocycles. The number of amides is 1. The number of nitrogen functional groups attached to an aromatic ring is 1. The van der Waals surface area contributed by atoms with Gasteiger partial charge in [-0.05, 0) is 83.9 Å². The number of rotatable bonds is 8. The van der Waals surface area contributed by atoms with Crippen LogP contribution in [0.3, 0.4) is 0 Å². The van der Waals surface area contributed by atoms with Crippen LogP contribution in [0.15, 0.2) is 128 Å². The molecule has 15 heteroatoms. The van der Waals surface area contributed by atoms with Gasteiger partial charge < -0.3 is 44.7 Å². The molecule has 0 saturated carbocycles. The standard InChI is InChI=1S/C25H19NO8.C21H15NO5/c1-33-25(32)19-10-13(26-22(29)8-9-23(30)31)2-5-16(19)24-17-6-3-14(27)11-20(17)34-21-12-15(28)4-7-18(21)24;1-26-21(25)17-8-11(22)2-5-14(17)20-15-6-3-12(23)9-18(15)27-19-10-13(24)4-7-16(19)20/h2-7,10-12,27H,8-9H2,1H3,(H,26,29)(H,30,31);2-10,23H,22H2,1H3. The van der Waals surface area contributed by atoms with Gasteiger partial charge in [-0.1, -0.05) is 12.1 Å². The minimum Gasteiger partial charge on any atom is -0.508 e. The number of benzene rings is 6. The molecule has 0 aromatic heterocycles. The van der Waals surface area contributed by atoms with Crippen molar-refractivity contribution in [3.05, 3.63) is 141 Å². The quantitative estimate of drug-likeness (QED) is 0.0566.